The van der Waals surface area contributed by atoms with Crippen LogP contribution in [-0.2, 0) is 16.6 Å². The molecule has 3 aliphatic rings. The van der Waals surface area contributed by atoms with Gasteiger partial charge in [-0.3, -0.25) is 0 Å². The van der Waals surface area contributed by atoms with E-state index in [1.807, 2.05) is 54.6 Å². The maximum absolute atomic E-state index is 12.7. The molecule has 2 heteroatoms. The number of hydrogen-bond acceptors (Lipinski definition) is 2. The lowest BCUT2D eigenvalue weighted by Gasteiger charge is -2.42. The normalized spacial score (nSPS) is 22.9. The molecule has 0 aliphatic heterocycles. The number of carboxylic acid groups (broad SMARTS) is 1. The van der Waals surface area contributed by atoms with Gasteiger partial charge in [0.25, 0.3) is 0 Å². The second kappa shape index (κ2) is 4.57. The minimum Gasteiger partial charge on any atom is -0.548 e. The van der Waals surface area contributed by atoms with Gasteiger partial charge in [0.15, 0.2) is 0 Å². The quantitative estimate of drug-likeness (QED) is 0.693. The van der Waals surface area contributed by atoms with E-state index in [1.165, 1.54) is 0 Å². The van der Waals surface area contributed by atoms with Crippen molar-refractivity contribution in [3.63, 3.8) is 0 Å². The molecule has 0 unspecified atom stereocenters. The van der Waals surface area contributed by atoms with Crippen LogP contribution < -0.4 is 5.11 Å². The molecule has 0 atom stereocenters. The van der Waals surface area contributed by atoms with Crippen LogP contribution in [0.3, 0.4) is 0 Å². The van der Waals surface area contributed by atoms with Crippen LogP contribution in [0.2, 0.25) is 0 Å². The fraction of sp³-hybridized carbons (Fsp3) is 0.136. The van der Waals surface area contributed by atoms with E-state index in [-0.39, 0.29) is 5.92 Å². The first kappa shape index (κ1) is 13.6. The van der Waals surface area contributed by atoms with Gasteiger partial charge in [0.1, 0.15) is 0 Å². The molecule has 116 valence electrons. The summed E-state index contributed by atoms with van der Waals surface area (Å²) in [5, 5.41) is 12.7. The van der Waals surface area contributed by atoms with E-state index in [9.17, 15) is 9.90 Å². The molecule has 3 aliphatic carbocycles. The maximum atomic E-state index is 12.7. The molecule has 0 N–H and O–H groups in total. The molecule has 0 spiro atoms. The lowest BCUT2D eigenvalue weighted by molar-refractivity contribution is -0.310. The van der Waals surface area contributed by atoms with Gasteiger partial charge >= 0.3 is 0 Å². The molecule has 0 radical (unpaired) electrons. The highest BCUT2D eigenvalue weighted by Gasteiger charge is 2.49. The molecule has 6 rings (SSSR count). The third-order valence-electron chi connectivity index (χ3n) is 5.63. The van der Waals surface area contributed by atoms with Gasteiger partial charge in [-0.2, -0.15) is 0 Å². The summed E-state index contributed by atoms with van der Waals surface area (Å²) in [7, 11) is 0. The molecule has 3 aromatic carbocycles. The standard InChI is InChI=1S/C22H16O2/c23-21(24)22-18-10-4-1-7-14(18)13-17(15-8-2-5-11-19(15)22)16-9-3-6-12-20(16)22/h1-12,17H,13H2,(H,23,24)/p-1. The van der Waals surface area contributed by atoms with Gasteiger partial charge < -0.3 is 9.90 Å². The van der Waals surface area contributed by atoms with Gasteiger partial charge in [-0.1, -0.05) is 72.8 Å². The van der Waals surface area contributed by atoms with Gasteiger partial charge in [0.2, 0.25) is 0 Å². The van der Waals surface area contributed by atoms with E-state index < -0.39 is 11.4 Å². The van der Waals surface area contributed by atoms with E-state index in [0.717, 1.165) is 39.8 Å². The highest BCUT2D eigenvalue weighted by molar-refractivity contribution is 5.93. The van der Waals surface area contributed by atoms with E-state index >= 15 is 0 Å². The molecule has 24 heavy (non-hydrogen) atoms. The van der Waals surface area contributed by atoms with Gasteiger partial charge in [0.05, 0.1) is 11.4 Å². The number of aliphatic carboxylic acids is 1. The molecule has 0 fully saturated rings. The van der Waals surface area contributed by atoms with Crippen LogP contribution in [0.4, 0.5) is 0 Å². The van der Waals surface area contributed by atoms with E-state index in [2.05, 4.69) is 18.2 Å². The second-order valence-electron chi connectivity index (χ2n) is 6.63. The zero-order valence-electron chi connectivity index (χ0n) is 13.0. The lowest BCUT2D eigenvalue weighted by Crippen LogP contribution is -2.49. The number of hydrogen-bond donors (Lipinski definition) is 0. The van der Waals surface area contributed by atoms with Crippen LogP contribution in [0, 0.1) is 0 Å². The smallest absolute Gasteiger partial charge is 0.0855 e. The Balaban J connectivity index is 2.04. The lowest BCUT2D eigenvalue weighted by atomic mass is 9.62. The Morgan fingerprint density at radius 1 is 0.792 bits per heavy atom. The summed E-state index contributed by atoms with van der Waals surface area (Å²) in [6.45, 7) is 0. The zero-order chi connectivity index (χ0) is 16.3. The first-order valence-electron chi connectivity index (χ1n) is 8.23. The van der Waals surface area contributed by atoms with Crippen LogP contribution in [0.1, 0.15) is 39.3 Å². The molecule has 2 nitrogen and oxygen atoms in total. The van der Waals surface area contributed by atoms with Crippen molar-refractivity contribution < 1.29 is 9.90 Å². The number of carbonyl (C=O) groups excluding carboxylic acids is 1. The number of carboxylic acids is 1. The topological polar surface area (TPSA) is 40.1 Å². The van der Waals surface area contributed by atoms with Crippen molar-refractivity contribution in [2.75, 3.05) is 0 Å². The molecule has 0 heterocycles. The fourth-order valence-electron chi connectivity index (χ4n) is 4.72. The minimum atomic E-state index is -1.23. The van der Waals surface area contributed by atoms with Gasteiger partial charge in [0, 0.05) is 5.92 Å². The van der Waals surface area contributed by atoms with Crippen molar-refractivity contribution in [3.05, 3.63) is 106 Å². The summed E-state index contributed by atoms with van der Waals surface area (Å²) in [4.78, 5) is 12.7. The van der Waals surface area contributed by atoms with E-state index in [1.54, 1.807) is 0 Å². The Labute approximate surface area is 140 Å². The van der Waals surface area contributed by atoms with Crippen LogP contribution in [0.25, 0.3) is 0 Å². The Kier molecular flexibility index (Phi) is 2.58. The molecule has 3 aromatic rings. The minimum absolute atomic E-state index is 0.188. The molecular weight excluding hydrogens is 296 g/mol. The Morgan fingerprint density at radius 2 is 1.29 bits per heavy atom. The van der Waals surface area contributed by atoms with Crippen LogP contribution in [0.15, 0.2) is 72.8 Å². The van der Waals surface area contributed by atoms with Crippen LogP contribution in [-0.4, -0.2) is 5.97 Å². The Hall–Kier alpha value is -2.87. The molecule has 0 amide bonds. The zero-order valence-corrected chi connectivity index (χ0v) is 13.0. The number of rotatable bonds is 1. The molecule has 0 saturated heterocycles. The third kappa shape index (κ3) is 1.44. The first-order chi connectivity index (χ1) is 11.7. The maximum Gasteiger partial charge on any atom is 0.0855 e. The van der Waals surface area contributed by atoms with Crippen molar-refractivity contribution in [3.8, 4) is 0 Å². The van der Waals surface area contributed by atoms with Crippen molar-refractivity contribution in [2.45, 2.75) is 17.8 Å². The largest absolute Gasteiger partial charge is 0.548 e. The summed E-state index contributed by atoms with van der Waals surface area (Å²) in [5.41, 5.74) is 4.66. The summed E-state index contributed by atoms with van der Waals surface area (Å²) in [5.74, 6) is -0.858. The second-order valence-corrected chi connectivity index (χ2v) is 6.63. The highest BCUT2D eigenvalue weighted by atomic mass is 16.4. The van der Waals surface area contributed by atoms with E-state index in [0.29, 0.717) is 0 Å². The van der Waals surface area contributed by atoms with Gasteiger partial charge in [-0.15, -0.1) is 0 Å². The average molecular weight is 311 g/mol. The Bertz CT molecular complexity index is 921. The SMILES string of the molecule is O=C([O-])C12c3ccccc3CC(c3ccccc31)c1ccccc12. The van der Waals surface area contributed by atoms with Gasteiger partial charge in [-0.25, -0.2) is 0 Å². The third-order valence-corrected chi connectivity index (χ3v) is 5.63. The predicted molar refractivity (Wildman–Crippen MR) is 89.8 cm³/mol. The van der Waals surface area contributed by atoms with Crippen molar-refractivity contribution in [2.24, 2.45) is 0 Å². The molecule has 2 bridgehead atoms. The number of carbonyl (C=O) groups is 1. The van der Waals surface area contributed by atoms with Crippen molar-refractivity contribution in [1.82, 2.24) is 0 Å². The monoisotopic (exact) mass is 311 g/mol. The molecule has 0 aromatic heterocycles. The van der Waals surface area contributed by atoms with Crippen molar-refractivity contribution >= 4 is 5.97 Å². The van der Waals surface area contributed by atoms with Gasteiger partial charge in [-0.05, 0) is 39.8 Å². The summed E-state index contributed by atoms with van der Waals surface area (Å²) in [6, 6.07) is 23.8. The van der Waals surface area contributed by atoms with Crippen molar-refractivity contribution in [1.29, 1.82) is 0 Å². The first-order valence-corrected chi connectivity index (χ1v) is 8.23. The average Bonchev–Trinajstić information content (AvgIpc) is 2.83. The molecular formula is C22H15O2-. The summed E-state index contributed by atoms with van der Waals surface area (Å²) >= 11 is 0. The summed E-state index contributed by atoms with van der Waals surface area (Å²) < 4.78 is 0. The van der Waals surface area contributed by atoms with E-state index in [4.69, 9.17) is 0 Å². The van der Waals surface area contributed by atoms with Crippen LogP contribution >= 0.6 is 0 Å². The highest BCUT2D eigenvalue weighted by Crippen LogP contribution is 2.54. The predicted octanol–water partition coefficient (Wildman–Crippen LogP) is 2.77. The molecule has 0 saturated carbocycles. The van der Waals surface area contributed by atoms with Crippen LogP contribution in [0.5, 0.6) is 0 Å². The Morgan fingerprint density at radius 3 is 1.88 bits per heavy atom. The fourth-order valence-corrected chi connectivity index (χ4v) is 4.72. The summed E-state index contributed by atoms with van der Waals surface area (Å²) in [6.07, 6.45) is 0.819. The number of benzene rings is 3.